The van der Waals surface area contributed by atoms with Crippen LogP contribution in [0.5, 0.6) is 0 Å². The summed E-state index contributed by atoms with van der Waals surface area (Å²) in [5, 5.41) is 0. The van der Waals surface area contributed by atoms with E-state index in [1.807, 2.05) is 6.92 Å². The molecule has 84 valence electrons. The zero-order chi connectivity index (χ0) is 12.3. The molecule has 0 bridgehead atoms. The monoisotopic (exact) mass is 216 g/mol. The van der Waals surface area contributed by atoms with Gasteiger partial charge in [-0.15, -0.1) is 0 Å². The molecular weight excluding hydrogens is 200 g/mol. The molecule has 0 spiro atoms. The van der Waals surface area contributed by atoms with Crippen molar-refractivity contribution in [2.75, 3.05) is 5.73 Å². The molecule has 0 saturated heterocycles. The number of benzene rings is 1. The highest BCUT2D eigenvalue weighted by Crippen LogP contribution is 2.26. The van der Waals surface area contributed by atoms with Crippen LogP contribution in [0.15, 0.2) is 36.9 Å². The largest absolute Gasteiger partial charge is 0.398 e. The molecule has 0 aliphatic heterocycles. The van der Waals surface area contributed by atoms with E-state index in [-0.39, 0.29) is 0 Å². The van der Waals surface area contributed by atoms with Crippen LogP contribution in [0.2, 0.25) is 0 Å². The van der Waals surface area contributed by atoms with Crippen LogP contribution in [-0.2, 0) is 0 Å². The van der Waals surface area contributed by atoms with Crippen LogP contribution < -0.4 is 11.5 Å². The standard InChI is InChI=1S/C13H16N2O/c1-4-8(2)13(15)11-6-10(7-16)9(3)5-12(11)14/h4-7,13H,1-2,14-15H2,3H3. The summed E-state index contributed by atoms with van der Waals surface area (Å²) in [7, 11) is 0. The van der Waals surface area contributed by atoms with Gasteiger partial charge in [0.25, 0.3) is 0 Å². The number of hydrogen-bond acceptors (Lipinski definition) is 3. The number of nitrogens with two attached hydrogens (primary N) is 2. The Morgan fingerprint density at radius 3 is 2.62 bits per heavy atom. The van der Waals surface area contributed by atoms with Crippen molar-refractivity contribution in [3.63, 3.8) is 0 Å². The third kappa shape index (κ3) is 2.20. The summed E-state index contributed by atoms with van der Waals surface area (Å²) in [6.45, 7) is 9.22. The smallest absolute Gasteiger partial charge is 0.150 e. The van der Waals surface area contributed by atoms with Gasteiger partial charge in [0.15, 0.2) is 0 Å². The zero-order valence-electron chi connectivity index (χ0n) is 9.36. The fourth-order valence-corrected chi connectivity index (χ4v) is 1.49. The molecule has 3 nitrogen and oxygen atoms in total. The van der Waals surface area contributed by atoms with Gasteiger partial charge in [-0.3, -0.25) is 4.79 Å². The lowest BCUT2D eigenvalue weighted by Crippen LogP contribution is -2.14. The van der Waals surface area contributed by atoms with Crippen molar-refractivity contribution in [3.8, 4) is 0 Å². The van der Waals surface area contributed by atoms with Gasteiger partial charge in [0.1, 0.15) is 6.29 Å². The Bertz CT molecular complexity index is 449. The van der Waals surface area contributed by atoms with Crippen molar-refractivity contribution in [1.82, 2.24) is 0 Å². The molecule has 16 heavy (non-hydrogen) atoms. The Kier molecular flexibility index (Phi) is 3.64. The Morgan fingerprint density at radius 1 is 1.50 bits per heavy atom. The summed E-state index contributed by atoms with van der Waals surface area (Å²) in [6, 6.07) is 3.03. The third-order valence-electron chi connectivity index (χ3n) is 2.60. The molecule has 0 fully saturated rings. The van der Waals surface area contributed by atoms with Crippen molar-refractivity contribution < 1.29 is 4.79 Å². The molecule has 1 aromatic carbocycles. The molecule has 1 aromatic rings. The molecule has 0 aromatic heterocycles. The summed E-state index contributed by atoms with van der Waals surface area (Å²) < 4.78 is 0. The minimum Gasteiger partial charge on any atom is -0.398 e. The Morgan fingerprint density at radius 2 is 2.12 bits per heavy atom. The zero-order valence-corrected chi connectivity index (χ0v) is 9.36. The first kappa shape index (κ1) is 12.2. The van der Waals surface area contributed by atoms with Crippen LogP contribution >= 0.6 is 0 Å². The number of carbonyl (C=O) groups is 1. The van der Waals surface area contributed by atoms with E-state index < -0.39 is 6.04 Å². The number of hydrogen-bond donors (Lipinski definition) is 2. The molecule has 0 saturated carbocycles. The number of aryl methyl sites for hydroxylation is 1. The minimum atomic E-state index is -0.420. The SMILES string of the molecule is C=CC(=C)C(N)c1cc(C=O)c(C)cc1N. The molecule has 0 amide bonds. The fourth-order valence-electron chi connectivity index (χ4n) is 1.49. The first-order valence-electron chi connectivity index (χ1n) is 4.93. The highest BCUT2D eigenvalue weighted by Gasteiger charge is 2.13. The predicted octanol–water partition coefficient (Wildman–Crippen LogP) is 2.13. The second-order valence-electron chi connectivity index (χ2n) is 3.71. The molecule has 3 heteroatoms. The minimum absolute atomic E-state index is 0.420. The van der Waals surface area contributed by atoms with Crippen molar-refractivity contribution in [2.24, 2.45) is 5.73 Å². The lowest BCUT2D eigenvalue weighted by atomic mass is 9.95. The molecule has 1 atom stereocenters. The van der Waals surface area contributed by atoms with Crippen LogP contribution in [0.3, 0.4) is 0 Å². The van der Waals surface area contributed by atoms with Crippen LogP contribution in [0.4, 0.5) is 5.69 Å². The Hall–Kier alpha value is -1.87. The molecule has 0 aliphatic rings. The van der Waals surface area contributed by atoms with Crippen LogP contribution in [0.25, 0.3) is 0 Å². The summed E-state index contributed by atoms with van der Waals surface area (Å²) in [4.78, 5) is 10.8. The topological polar surface area (TPSA) is 69.1 Å². The summed E-state index contributed by atoms with van der Waals surface area (Å²) in [5.74, 6) is 0. The van der Waals surface area contributed by atoms with E-state index in [1.54, 1.807) is 18.2 Å². The second kappa shape index (κ2) is 4.77. The molecule has 0 heterocycles. The van der Waals surface area contributed by atoms with Gasteiger partial charge in [-0.2, -0.15) is 0 Å². The number of anilines is 1. The van der Waals surface area contributed by atoms with Gasteiger partial charge in [0.2, 0.25) is 0 Å². The first-order chi connectivity index (χ1) is 7.51. The molecule has 0 radical (unpaired) electrons. The van der Waals surface area contributed by atoms with E-state index >= 15 is 0 Å². The number of aldehydes is 1. The van der Waals surface area contributed by atoms with Crippen LogP contribution in [-0.4, -0.2) is 6.29 Å². The van der Waals surface area contributed by atoms with E-state index in [1.165, 1.54) is 0 Å². The molecule has 1 rings (SSSR count). The maximum Gasteiger partial charge on any atom is 0.150 e. The quantitative estimate of drug-likeness (QED) is 0.460. The van der Waals surface area contributed by atoms with E-state index in [9.17, 15) is 4.79 Å². The molecule has 1 unspecified atom stereocenters. The van der Waals surface area contributed by atoms with Gasteiger partial charge in [0.05, 0.1) is 6.04 Å². The summed E-state index contributed by atoms with van der Waals surface area (Å²) in [5.41, 5.74) is 15.2. The Labute approximate surface area is 95.4 Å². The van der Waals surface area contributed by atoms with E-state index in [0.29, 0.717) is 22.4 Å². The summed E-state index contributed by atoms with van der Waals surface area (Å²) in [6.07, 6.45) is 2.38. The van der Waals surface area contributed by atoms with Crippen molar-refractivity contribution in [1.29, 1.82) is 0 Å². The van der Waals surface area contributed by atoms with Crippen molar-refractivity contribution in [2.45, 2.75) is 13.0 Å². The van der Waals surface area contributed by atoms with Gasteiger partial charge in [-0.25, -0.2) is 0 Å². The van der Waals surface area contributed by atoms with Crippen molar-refractivity contribution in [3.05, 3.63) is 53.6 Å². The molecule has 4 N–H and O–H groups in total. The molecular formula is C13H16N2O. The lowest BCUT2D eigenvalue weighted by molar-refractivity contribution is 0.112. The normalized spacial score (nSPS) is 11.9. The first-order valence-corrected chi connectivity index (χ1v) is 4.93. The van der Waals surface area contributed by atoms with Crippen LogP contribution in [0, 0.1) is 6.92 Å². The van der Waals surface area contributed by atoms with Gasteiger partial charge in [-0.1, -0.05) is 19.2 Å². The highest BCUT2D eigenvalue weighted by molar-refractivity contribution is 5.79. The maximum absolute atomic E-state index is 10.8. The van der Waals surface area contributed by atoms with E-state index in [0.717, 1.165) is 11.8 Å². The predicted molar refractivity (Wildman–Crippen MR) is 67.2 cm³/mol. The Balaban J connectivity index is 3.28. The third-order valence-corrected chi connectivity index (χ3v) is 2.60. The van der Waals surface area contributed by atoms with Gasteiger partial charge in [-0.05, 0) is 35.8 Å². The maximum atomic E-state index is 10.8. The van der Waals surface area contributed by atoms with E-state index in [4.69, 9.17) is 11.5 Å². The number of nitrogen functional groups attached to an aromatic ring is 1. The van der Waals surface area contributed by atoms with Gasteiger partial charge < -0.3 is 11.5 Å². The van der Waals surface area contributed by atoms with Gasteiger partial charge in [0, 0.05) is 11.3 Å². The van der Waals surface area contributed by atoms with Crippen LogP contribution in [0.1, 0.15) is 27.5 Å². The molecule has 0 aliphatic carbocycles. The second-order valence-corrected chi connectivity index (χ2v) is 3.71. The number of carbonyl (C=O) groups excluding carboxylic acids is 1. The lowest BCUT2D eigenvalue weighted by Gasteiger charge is -2.16. The fraction of sp³-hybridized carbons (Fsp3) is 0.154. The average molecular weight is 216 g/mol. The van der Waals surface area contributed by atoms with E-state index in [2.05, 4.69) is 13.2 Å². The van der Waals surface area contributed by atoms with Gasteiger partial charge >= 0.3 is 0 Å². The van der Waals surface area contributed by atoms with Crippen molar-refractivity contribution >= 4 is 12.0 Å². The average Bonchev–Trinajstić information content (AvgIpc) is 2.27. The number of rotatable bonds is 4. The summed E-state index contributed by atoms with van der Waals surface area (Å²) >= 11 is 0. The highest BCUT2D eigenvalue weighted by atomic mass is 16.1.